The maximum absolute atomic E-state index is 10.5. The van der Waals surface area contributed by atoms with Crippen molar-refractivity contribution in [2.45, 2.75) is 13.8 Å². The molecule has 0 saturated heterocycles. The number of thiazole rings is 1. The second kappa shape index (κ2) is 3.86. The van der Waals surface area contributed by atoms with Crippen molar-refractivity contribution in [3.05, 3.63) is 28.5 Å². The van der Waals surface area contributed by atoms with Crippen molar-refractivity contribution in [2.24, 2.45) is 0 Å². The molecule has 0 radical (unpaired) electrons. The summed E-state index contributed by atoms with van der Waals surface area (Å²) in [7, 11) is 0. The van der Waals surface area contributed by atoms with Gasteiger partial charge in [0, 0.05) is 17.6 Å². The van der Waals surface area contributed by atoms with Crippen LogP contribution in [0.15, 0.2) is 12.3 Å². The van der Waals surface area contributed by atoms with E-state index in [1.165, 1.54) is 17.5 Å². The maximum atomic E-state index is 10.5. The van der Waals surface area contributed by atoms with Crippen molar-refractivity contribution in [1.29, 1.82) is 0 Å². The highest BCUT2D eigenvalue weighted by Gasteiger charge is 2.07. The van der Waals surface area contributed by atoms with Gasteiger partial charge in [-0.1, -0.05) is 0 Å². The summed E-state index contributed by atoms with van der Waals surface area (Å²) in [6, 6.07) is 1.90. The van der Waals surface area contributed by atoms with Crippen LogP contribution in [-0.4, -0.2) is 21.2 Å². The summed E-state index contributed by atoms with van der Waals surface area (Å²) in [6.07, 6.45) is 2.32. The van der Waals surface area contributed by atoms with Crippen molar-refractivity contribution < 1.29 is 4.79 Å². The molecule has 0 aliphatic carbocycles. The van der Waals surface area contributed by atoms with Crippen LogP contribution in [0, 0.1) is 13.8 Å². The van der Waals surface area contributed by atoms with Gasteiger partial charge < -0.3 is 0 Å². The van der Waals surface area contributed by atoms with Crippen molar-refractivity contribution in [1.82, 2.24) is 15.0 Å². The Balaban J connectivity index is 2.48. The number of aromatic nitrogens is 3. The molecule has 0 bridgehead atoms. The molecule has 5 heteroatoms. The van der Waals surface area contributed by atoms with Gasteiger partial charge in [-0.15, -0.1) is 11.3 Å². The number of hydrogen-bond donors (Lipinski definition) is 0. The molecule has 0 amide bonds. The number of rotatable bonds is 2. The number of carbonyl (C=O) groups excluding carboxylic acids is 1. The molecule has 15 heavy (non-hydrogen) atoms. The molecule has 76 valence electrons. The van der Waals surface area contributed by atoms with Crippen LogP contribution in [-0.2, 0) is 0 Å². The van der Waals surface area contributed by atoms with Crippen LogP contribution in [0.1, 0.15) is 21.1 Å². The lowest BCUT2D eigenvalue weighted by atomic mass is 10.3. The van der Waals surface area contributed by atoms with E-state index in [9.17, 15) is 4.79 Å². The maximum Gasteiger partial charge on any atom is 0.189 e. The lowest BCUT2D eigenvalue weighted by molar-refractivity contribution is 0.112. The highest BCUT2D eigenvalue weighted by molar-refractivity contribution is 7.16. The van der Waals surface area contributed by atoms with Crippen LogP contribution in [0.5, 0.6) is 0 Å². The van der Waals surface area contributed by atoms with Gasteiger partial charge in [-0.25, -0.2) is 15.0 Å². The third-order valence-electron chi connectivity index (χ3n) is 1.81. The molecule has 0 atom stereocenters. The van der Waals surface area contributed by atoms with Gasteiger partial charge in [-0.3, -0.25) is 4.79 Å². The molecule has 2 rings (SSSR count). The van der Waals surface area contributed by atoms with Gasteiger partial charge in [0.25, 0.3) is 0 Å². The van der Waals surface area contributed by atoms with Crippen LogP contribution in [0.4, 0.5) is 0 Å². The largest absolute Gasteiger partial charge is 0.297 e. The minimum absolute atomic E-state index is 0.589. The van der Waals surface area contributed by atoms with E-state index < -0.39 is 0 Å². The first-order chi connectivity index (χ1) is 7.19. The molecule has 0 fully saturated rings. The fourth-order valence-electron chi connectivity index (χ4n) is 1.27. The molecule has 0 saturated carbocycles. The smallest absolute Gasteiger partial charge is 0.189 e. The van der Waals surface area contributed by atoms with E-state index in [1.807, 2.05) is 19.9 Å². The number of carbonyl (C=O) groups is 1. The average Bonchev–Trinajstić information content (AvgIpc) is 2.64. The molecule has 2 aromatic rings. The van der Waals surface area contributed by atoms with E-state index in [0.29, 0.717) is 15.7 Å². The SMILES string of the molecule is Cc1cc(C)nc(-c2ncc(C=O)s2)n1. The number of hydrogen-bond acceptors (Lipinski definition) is 5. The molecule has 0 aromatic carbocycles. The van der Waals surface area contributed by atoms with Crippen LogP contribution in [0.3, 0.4) is 0 Å². The highest BCUT2D eigenvalue weighted by Crippen LogP contribution is 2.21. The van der Waals surface area contributed by atoms with Crippen LogP contribution < -0.4 is 0 Å². The Hall–Kier alpha value is -1.62. The first kappa shape index (κ1) is 9.92. The van der Waals surface area contributed by atoms with E-state index in [1.54, 1.807) is 0 Å². The molecule has 0 aliphatic heterocycles. The van der Waals surface area contributed by atoms with E-state index in [-0.39, 0.29) is 0 Å². The lowest BCUT2D eigenvalue weighted by Crippen LogP contribution is -1.93. The molecule has 2 heterocycles. The predicted octanol–water partition coefficient (Wildman–Crippen LogP) is 2.03. The number of nitrogens with zero attached hydrogens (tertiary/aromatic N) is 3. The topological polar surface area (TPSA) is 55.7 Å². The van der Waals surface area contributed by atoms with Gasteiger partial charge in [0.15, 0.2) is 17.1 Å². The molecule has 2 aromatic heterocycles. The van der Waals surface area contributed by atoms with Gasteiger partial charge in [0.05, 0.1) is 4.88 Å². The number of aldehydes is 1. The Kier molecular flexibility index (Phi) is 2.55. The summed E-state index contributed by atoms with van der Waals surface area (Å²) in [5, 5.41) is 0.684. The second-order valence-corrected chi connectivity index (χ2v) is 4.22. The van der Waals surface area contributed by atoms with Crippen LogP contribution in [0.25, 0.3) is 10.8 Å². The zero-order valence-electron chi connectivity index (χ0n) is 8.39. The number of aryl methyl sites for hydroxylation is 2. The van der Waals surface area contributed by atoms with Crippen molar-refractivity contribution >= 4 is 17.6 Å². The Morgan fingerprint density at radius 3 is 2.47 bits per heavy atom. The average molecular weight is 219 g/mol. The Morgan fingerprint density at radius 1 is 1.27 bits per heavy atom. The van der Waals surface area contributed by atoms with Crippen molar-refractivity contribution in [3.63, 3.8) is 0 Å². The second-order valence-electron chi connectivity index (χ2n) is 3.16. The highest BCUT2D eigenvalue weighted by atomic mass is 32.1. The molecular weight excluding hydrogens is 210 g/mol. The van der Waals surface area contributed by atoms with Crippen molar-refractivity contribution in [3.8, 4) is 10.8 Å². The summed E-state index contributed by atoms with van der Waals surface area (Å²) >= 11 is 1.30. The summed E-state index contributed by atoms with van der Waals surface area (Å²) in [4.78, 5) is 23.8. The van der Waals surface area contributed by atoms with E-state index in [2.05, 4.69) is 15.0 Å². The first-order valence-electron chi connectivity index (χ1n) is 4.42. The van der Waals surface area contributed by atoms with E-state index in [4.69, 9.17) is 0 Å². The third-order valence-corrected chi connectivity index (χ3v) is 2.73. The fourth-order valence-corrected chi connectivity index (χ4v) is 1.93. The molecule has 4 nitrogen and oxygen atoms in total. The monoisotopic (exact) mass is 219 g/mol. The molecule has 0 N–H and O–H groups in total. The third kappa shape index (κ3) is 2.07. The fraction of sp³-hybridized carbons (Fsp3) is 0.200. The van der Waals surface area contributed by atoms with Gasteiger partial charge in [-0.05, 0) is 19.9 Å². The van der Waals surface area contributed by atoms with Gasteiger partial charge >= 0.3 is 0 Å². The Bertz CT molecular complexity index is 487. The van der Waals surface area contributed by atoms with Gasteiger partial charge in [0.2, 0.25) is 0 Å². The minimum Gasteiger partial charge on any atom is -0.297 e. The van der Waals surface area contributed by atoms with Gasteiger partial charge in [0.1, 0.15) is 0 Å². The summed E-state index contributed by atoms with van der Waals surface area (Å²) in [5.41, 5.74) is 1.81. The van der Waals surface area contributed by atoms with E-state index >= 15 is 0 Å². The molecule has 0 spiro atoms. The van der Waals surface area contributed by atoms with Crippen molar-refractivity contribution in [2.75, 3.05) is 0 Å². The zero-order chi connectivity index (χ0) is 10.8. The summed E-state index contributed by atoms with van der Waals surface area (Å²) in [6.45, 7) is 3.82. The summed E-state index contributed by atoms with van der Waals surface area (Å²) in [5.74, 6) is 0.589. The normalized spacial score (nSPS) is 10.3. The Morgan fingerprint density at radius 2 is 1.93 bits per heavy atom. The van der Waals surface area contributed by atoms with Gasteiger partial charge in [-0.2, -0.15) is 0 Å². The zero-order valence-corrected chi connectivity index (χ0v) is 9.21. The van der Waals surface area contributed by atoms with E-state index in [0.717, 1.165) is 17.7 Å². The quantitative estimate of drug-likeness (QED) is 0.725. The first-order valence-corrected chi connectivity index (χ1v) is 5.24. The summed E-state index contributed by atoms with van der Waals surface area (Å²) < 4.78 is 0. The molecular formula is C10H9N3OS. The van der Waals surface area contributed by atoms with Crippen LogP contribution >= 0.6 is 11.3 Å². The minimum atomic E-state index is 0.589. The standard InChI is InChI=1S/C10H9N3OS/c1-6-3-7(2)13-9(12-6)10-11-4-8(5-14)15-10/h3-5H,1-2H3. The molecule has 0 unspecified atom stereocenters. The molecule has 0 aliphatic rings. The lowest BCUT2D eigenvalue weighted by Gasteiger charge is -1.98. The Labute approximate surface area is 91.0 Å². The predicted molar refractivity (Wildman–Crippen MR) is 58.0 cm³/mol. The van der Waals surface area contributed by atoms with Crippen LogP contribution in [0.2, 0.25) is 0 Å².